The highest BCUT2D eigenvalue weighted by Gasteiger charge is 2.25. The molecule has 1 unspecified atom stereocenters. The van der Waals surface area contributed by atoms with Crippen molar-refractivity contribution in [3.63, 3.8) is 0 Å². The van der Waals surface area contributed by atoms with Crippen molar-refractivity contribution in [1.82, 2.24) is 10.3 Å². The monoisotopic (exact) mass is 326 g/mol. The Kier molecular flexibility index (Phi) is 4.79. The summed E-state index contributed by atoms with van der Waals surface area (Å²) in [5, 5.41) is 3.30. The van der Waals surface area contributed by atoms with Crippen LogP contribution in [0, 0.1) is 0 Å². The van der Waals surface area contributed by atoms with Crippen LogP contribution in [0.1, 0.15) is 47.8 Å². The van der Waals surface area contributed by atoms with Crippen LogP contribution in [0.2, 0.25) is 0 Å². The molecule has 1 aliphatic carbocycles. The summed E-state index contributed by atoms with van der Waals surface area (Å²) < 4.78 is 5.43. The Hall–Kier alpha value is -2.43. The molecule has 1 heterocycles. The van der Waals surface area contributed by atoms with Gasteiger partial charge in [-0.2, -0.15) is 0 Å². The minimum absolute atomic E-state index is 0.312. The van der Waals surface area contributed by atoms with Crippen molar-refractivity contribution in [3.05, 3.63) is 41.1 Å². The maximum absolute atomic E-state index is 12.8. The summed E-state index contributed by atoms with van der Waals surface area (Å²) in [6, 6.07) is 7.63. The normalized spacial score (nSPS) is 15.2. The number of aryl methyl sites for hydroxylation is 1. The summed E-state index contributed by atoms with van der Waals surface area (Å²) >= 11 is 0. The van der Waals surface area contributed by atoms with E-state index in [4.69, 9.17) is 9.72 Å². The first kappa shape index (κ1) is 16.4. The van der Waals surface area contributed by atoms with Gasteiger partial charge in [0.2, 0.25) is 0 Å². The average Bonchev–Trinajstić information content (AvgIpc) is 2.83. The van der Waals surface area contributed by atoms with E-state index in [-0.39, 0.29) is 5.91 Å². The number of pyridine rings is 1. The quantitative estimate of drug-likeness (QED) is 0.695. The smallest absolute Gasteiger partial charge is 0.339 e. The molecular formula is C19H22N2O3. The first-order valence-corrected chi connectivity index (χ1v) is 8.45. The molecule has 0 bridgehead atoms. The Morgan fingerprint density at radius 2 is 1.92 bits per heavy atom. The van der Waals surface area contributed by atoms with Crippen molar-refractivity contribution < 1.29 is 14.3 Å². The molecule has 0 saturated heterocycles. The van der Waals surface area contributed by atoms with Crippen molar-refractivity contribution in [2.45, 2.75) is 45.1 Å². The maximum Gasteiger partial charge on any atom is 0.339 e. The molecule has 5 heteroatoms. The van der Waals surface area contributed by atoms with Crippen LogP contribution in [0.4, 0.5) is 0 Å². The molecule has 1 amide bonds. The van der Waals surface area contributed by atoms with Gasteiger partial charge in [0.25, 0.3) is 5.91 Å². The molecule has 126 valence electrons. The Balaban J connectivity index is 2.09. The number of benzene rings is 1. The summed E-state index contributed by atoms with van der Waals surface area (Å²) in [6.07, 6.45) is 4.14. The minimum atomic E-state index is -0.823. The van der Waals surface area contributed by atoms with Crippen molar-refractivity contribution in [2.75, 3.05) is 7.05 Å². The third kappa shape index (κ3) is 3.11. The van der Waals surface area contributed by atoms with Crippen LogP contribution in [0.25, 0.3) is 10.9 Å². The van der Waals surface area contributed by atoms with E-state index in [1.54, 1.807) is 6.92 Å². The third-order valence-electron chi connectivity index (χ3n) is 4.52. The molecule has 0 saturated carbocycles. The second kappa shape index (κ2) is 6.99. The molecule has 1 atom stereocenters. The predicted molar refractivity (Wildman–Crippen MR) is 91.9 cm³/mol. The zero-order valence-corrected chi connectivity index (χ0v) is 14.1. The van der Waals surface area contributed by atoms with Gasteiger partial charge in [0.05, 0.1) is 11.1 Å². The summed E-state index contributed by atoms with van der Waals surface area (Å²) in [5.41, 5.74) is 3.36. The van der Waals surface area contributed by atoms with Crippen LogP contribution in [0.3, 0.4) is 0 Å². The Morgan fingerprint density at radius 1 is 1.17 bits per heavy atom. The number of nitrogens with one attached hydrogen (secondary N) is 1. The molecule has 5 nitrogen and oxygen atoms in total. The number of para-hydroxylation sites is 1. The number of hydrogen-bond acceptors (Lipinski definition) is 4. The lowest BCUT2D eigenvalue weighted by atomic mass is 9.97. The van der Waals surface area contributed by atoms with Crippen molar-refractivity contribution in [2.24, 2.45) is 0 Å². The van der Waals surface area contributed by atoms with Gasteiger partial charge in [-0.25, -0.2) is 4.79 Å². The zero-order chi connectivity index (χ0) is 17.1. The summed E-state index contributed by atoms with van der Waals surface area (Å²) in [6.45, 7) is 1.58. The van der Waals surface area contributed by atoms with Crippen molar-refractivity contribution >= 4 is 22.8 Å². The lowest BCUT2D eigenvalue weighted by Crippen LogP contribution is -2.33. The van der Waals surface area contributed by atoms with Gasteiger partial charge in [-0.15, -0.1) is 0 Å². The fraction of sp³-hybridized carbons (Fsp3) is 0.421. The lowest BCUT2D eigenvalue weighted by Gasteiger charge is -2.17. The molecule has 1 aliphatic rings. The largest absolute Gasteiger partial charge is 0.449 e. The third-order valence-corrected chi connectivity index (χ3v) is 4.52. The number of aromatic nitrogens is 1. The van der Waals surface area contributed by atoms with Crippen molar-refractivity contribution in [1.29, 1.82) is 0 Å². The number of fused-ring (bicyclic) bond motifs is 2. The van der Waals surface area contributed by atoms with Crippen LogP contribution in [0.5, 0.6) is 0 Å². The summed E-state index contributed by atoms with van der Waals surface area (Å²) in [5.74, 6) is -0.754. The molecule has 0 radical (unpaired) electrons. The number of carbonyl (C=O) groups excluding carboxylic acids is 2. The van der Waals surface area contributed by atoms with Gasteiger partial charge in [-0.3, -0.25) is 9.78 Å². The molecule has 1 aromatic carbocycles. The first-order valence-electron chi connectivity index (χ1n) is 8.45. The molecule has 1 N–H and O–H groups in total. The van der Waals surface area contributed by atoms with Gasteiger partial charge in [0.1, 0.15) is 0 Å². The first-order chi connectivity index (χ1) is 11.6. The van der Waals surface area contributed by atoms with Crippen LogP contribution in [0.15, 0.2) is 24.3 Å². The number of carbonyl (C=O) groups is 2. The summed E-state index contributed by atoms with van der Waals surface area (Å²) in [7, 11) is 1.53. The zero-order valence-electron chi connectivity index (χ0n) is 14.1. The molecule has 3 rings (SSSR count). The van der Waals surface area contributed by atoms with Crippen LogP contribution < -0.4 is 5.32 Å². The van der Waals surface area contributed by atoms with E-state index in [0.29, 0.717) is 5.56 Å². The van der Waals surface area contributed by atoms with Crippen LogP contribution in [-0.4, -0.2) is 30.0 Å². The van der Waals surface area contributed by atoms with E-state index in [1.165, 1.54) is 7.05 Å². The number of amides is 1. The van der Waals surface area contributed by atoms with Gasteiger partial charge in [-0.1, -0.05) is 24.6 Å². The molecule has 2 aromatic rings. The van der Waals surface area contributed by atoms with Gasteiger partial charge in [0, 0.05) is 18.1 Å². The molecule has 0 spiro atoms. The van der Waals surface area contributed by atoms with Crippen LogP contribution in [-0.2, 0) is 22.4 Å². The molecular weight excluding hydrogens is 304 g/mol. The number of nitrogens with zero attached hydrogens (tertiary/aromatic N) is 1. The van der Waals surface area contributed by atoms with Crippen LogP contribution >= 0.6 is 0 Å². The molecule has 0 fully saturated rings. The van der Waals surface area contributed by atoms with Gasteiger partial charge in [-0.05, 0) is 44.2 Å². The SMILES string of the molecule is CNC(=O)C(C)OC(=O)c1c2c(nc3ccccc13)CCCCC2. The molecule has 0 aliphatic heterocycles. The highest BCUT2D eigenvalue weighted by Crippen LogP contribution is 2.29. The molecule has 1 aromatic heterocycles. The Morgan fingerprint density at radius 3 is 2.71 bits per heavy atom. The second-order valence-corrected chi connectivity index (χ2v) is 6.15. The van der Waals surface area contributed by atoms with Gasteiger partial charge < -0.3 is 10.1 Å². The van der Waals surface area contributed by atoms with E-state index in [1.807, 2.05) is 24.3 Å². The lowest BCUT2D eigenvalue weighted by molar-refractivity contribution is -0.128. The standard InChI is InChI=1S/C19H22N2O3/c1-12(18(22)20-2)24-19(23)17-13-8-4-3-5-10-15(13)21-16-11-7-6-9-14(16)17/h6-7,9,11-12H,3-5,8,10H2,1-2H3,(H,20,22). The predicted octanol–water partition coefficient (Wildman–Crippen LogP) is 2.80. The number of esters is 1. The highest BCUT2D eigenvalue weighted by atomic mass is 16.5. The maximum atomic E-state index is 12.8. The average molecular weight is 326 g/mol. The number of hydrogen-bond donors (Lipinski definition) is 1. The second-order valence-electron chi connectivity index (χ2n) is 6.15. The summed E-state index contributed by atoms with van der Waals surface area (Å²) in [4.78, 5) is 29.3. The van der Waals surface area contributed by atoms with E-state index in [0.717, 1.165) is 54.3 Å². The Labute approximate surface area is 141 Å². The fourth-order valence-electron chi connectivity index (χ4n) is 3.26. The number of ether oxygens (including phenoxy) is 1. The topological polar surface area (TPSA) is 68.3 Å². The van der Waals surface area contributed by atoms with Gasteiger partial charge >= 0.3 is 5.97 Å². The highest BCUT2D eigenvalue weighted by molar-refractivity contribution is 6.05. The number of rotatable bonds is 3. The fourth-order valence-corrected chi connectivity index (χ4v) is 3.26. The number of likely N-dealkylation sites (N-methyl/N-ethyl adjacent to an activating group) is 1. The van der Waals surface area contributed by atoms with E-state index >= 15 is 0 Å². The van der Waals surface area contributed by atoms with Gasteiger partial charge in [0.15, 0.2) is 6.10 Å². The minimum Gasteiger partial charge on any atom is -0.449 e. The van der Waals surface area contributed by atoms with E-state index < -0.39 is 12.1 Å². The van der Waals surface area contributed by atoms with Crippen molar-refractivity contribution in [3.8, 4) is 0 Å². The van der Waals surface area contributed by atoms with E-state index in [9.17, 15) is 9.59 Å². The molecule has 24 heavy (non-hydrogen) atoms. The Bertz CT molecular complexity index is 786. The van der Waals surface area contributed by atoms with E-state index in [2.05, 4.69) is 5.32 Å².